The highest BCUT2D eigenvalue weighted by atomic mass is 16.1. The second-order valence-corrected chi connectivity index (χ2v) is 3.22. The van der Waals surface area contributed by atoms with Crippen LogP contribution in [0.1, 0.15) is 15.9 Å². The molecule has 3 heteroatoms. The van der Waals surface area contributed by atoms with Gasteiger partial charge in [0, 0.05) is 5.56 Å². The van der Waals surface area contributed by atoms with Gasteiger partial charge in [0.05, 0.1) is 11.6 Å². The molecule has 2 aromatic carbocycles. The van der Waals surface area contributed by atoms with Crippen LogP contribution >= 0.6 is 0 Å². The van der Waals surface area contributed by atoms with E-state index in [4.69, 9.17) is 11.0 Å². The second-order valence-electron chi connectivity index (χ2n) is 3.22. The summed E-state index contributed by atoms with van der Waals surface area (Å²) in [6.45, 7) is 0. The van der Waals surface area contributed by atoms with Gasteiger partial charge in [-0.15, -0.1) is 0 Å². The Morgan fingerprint density at radius 2 is 2.07 bits per heavy atom. The van der Waals surface area contributed by atoms with Crippen LogP contribution in [0.5, 0.6) is 0 Å². The van der Waals surface area contributed by atoms with E-state index < -0.39 is 5.91 Å². The van der Waals surface area contributed by atoms with Crippen LogP contribution in [0.4, 0.5) is 0 Å². The monoisotopic (exact) mass is 196 g/mol. The first-order valence-electron chi connectivity index (χ1n) is 4.45. The van der Waals surface area contributed by atoms with Crippen LogP contribution in [0, 0.1) is 11.3 Å². The van der Waals surface area contributed by atoms with Crippen molar-refractivity contribution in [3.63, 3.8) is 0 Å². The summed E-state index contributed by atoms with van der Waals surface area (Å²) in [6, 6.07) is 12.5. The minimum absolute atomic E-state index is 0.456. The molecule has 0 aliphatic heterocycles. The number of hydrogen-bond donors (Lipinski definition) is 1. The number of carbonyl (C=O) groups is 1. The molecule has 0 spiro atoms. The molecular formula is C12H8N2O. The molecule has 0 aliphatic carbocycles. The molecule has 0 heterocycles. The number of primary amides is 1. The quantitative estimate of drug-likeness (QED) is 0.755. The minimum Gasteiger partial charge on any atom is -0.366 e. The molecule has 2 N–H and O–H groups in total. The average Bonchev–Trinajstić information content (AvgIpc) is 2.27. The van der Waals surface area contributed by atoms with Gasteiger partial charge in [-0.2, -0.15) is 5.26 Å². The van der Waals surface area contributed by atoms with Gasteiger partial charge in [0.2, 0.25) is 5.91 Å². The van der Waals surface area contributed by atoms with Gasteiger partial charge in [0.15, 0.2) is 0 Å². The van der Waals surface area contributed by atoms with Crippen molar-refractivity contribution in [2.75, 3.05) is 0 Å². The van der Waals surface area contributed by atoms with Gasteiger partial charge >= 0.3 is 0 Å². The molecule has 0 fully saturated rings. The summed E-state index contributed by atoms with van der Waals surface area (Å²) in [7, 11) is 0. The van der Waals surface area contributed by atoms with Crippen LogP contribution in [0.3, 0.4) is 0 Å². The molecule has 0 saturated heterocycles. The van der Waals surface area contributed by atoms with E-state index in [0.717, 1.165) is 10.8 Å². The van der Waals surface area contributed by atoms with Crippen LogP contribution in [0.15, 0.2) is 36.4 Å². The molecular weight excluding hydrogens is 188 g/mol. The van der Waals surface area contributed by atoms with Gasteiger partial charge in [-0.1, -0.05) is 18.2 Å². The third-order valence-corrected chi connectivity index (χ3v) is 2.29. The van der Waals surface area contributed by atoms with Crippen molar-refractivity contribution in [3.05, 3.63) is 47.5 Å². The maximum absolute atomic E-state index is 11.0. The lowest BCUT2D eigenvalue weighted by Crippen LogP contribution is -2.10. The van der Waals surface area contributed by atoms with Crippen molar-refractivity contribution in [2.24, 2.45) is 5.73 Å². The number of benzene rings is 2. The summed E-state index contributed by atoms with van der Waals surface area (Å²) in [5.41, 5.74) is 6.23. The Labute approximate surface area is 86.7 Å². The molecule has 72 valence electrons. The van der Waals surface area contributed by atoms with Crippen molar-refractivity contribution >= 4 is 16.7 Å². The smallest absolute Gasteiger partial charge is 0.248 e. The largest absolute Gasteiger partial charge is 0.366 e. The highest BCUT2D eigenvalue weighted by Gasteiger charge is 2.03. The molecule has 0 radical (unpaired) electrons. The molecule has 0 unspecified atom stereocenters. The Bertz CT molecular complexity index is 582. The molecule has 0 bridgehead atoms. The molecule has 1 amide bonds. The fraction of sp³-hybridized carbons (Fsp3) is 0. The number of carbonyl (C=O) groups excluding carboxylic acids is 1. The van der Waals surface area contributed by atoms with Crippen LogP contribution in [-0.4, -0.2) is 5.91 Å². The molecule has 0 atom stereocenters. The Morgan fingerprint density at radius 3 is 2.73 bits per heavy atom. The third-order valence-electron chi connectivity index (χ3n) is 2.29. The predicted molar refractivity (Wildman–Crippen MR) is 57.2 cm³/mol. The molecule has 3 nitrogen and oxygen atoms in total. The molecule has 0 saturated carbocycles. The zero-order valence-corrected chi connectivity index (χ0v) is 7.90. The summed E-state index contributed by atoms with van der Waals surface area (Å²) in [6.07, 6.45) is 0. The number of amides is 1. The van der Waals surface area contributed by atoms with E-state index in [-0.39, 0.29) is 0 Å². The fourth-order valence-electron chi connectivity index (χ4n) is 1.53. The van der Waals surface area contributed by atoms with Crippen LogP contribution < -0.4 is 5.73 Å². The van der Waals surface area contributed by atoms with E-state index in [1.165, 1.54) is 0 Å². The normalized spacial score (nSPS) is 9.80. The van der Waals surface area contributed by atoms with Crippen LogP contribution in [0.2, 0.25) is 0 Å². The van der Waals surface area contributed by atoms with Crippen molar-refractivity contribution in [1.29, 1.82) is 5.26 Å². The maximum atomic E-state index is 11.0. The lowest BCUT2D eigenvalue weighted by Gasteiger charge is -2.01. The summed E-state index contributed by atoms with van der Waals surface area (Å²) in [5.74, 6) is -0.459. The van der Waals surface area contributed by atoms with Gasteiger partial charge in [0.1, 0.15) is 0 Å². The van der Waals surface area contributed by atoms with E-state index in [2.05, 4.69) is 6.07 Å². The van der Waals surface area contributed by atoms with Crippen LogP contribution in [-0.2, 0) is 0 Å². The topological polar surface area (TPSA) is 66.9 Å². The van der Waals surface area contributed by atoms with Crippen LogP contribution in [0.25, 0.3) is 10.8 Å². The van der Waals surface area contributed by atoms with E-state index in [1.54, 1.807) is 30.3 Å². The maximum Gasteiger partial charge on any atom is 0.248 e. The predicted octanol–water partition coefficient (Wildman–Crippen LogP) is 1.81. The molecule has 15 heavy (non-hydrogen) atoms. The molecule has 2 rings (SSSR count). The highest BCUT2D eigenvalue weighted by molar-refractivity contribution is 5.98. The number of rotatable bonds is 1. The number of fused-ring (bicyclic) bond motifs is 1. The minimum atomic E-state index is -0.459. The first-order valence-corrected chi connectivity index (χ1v) is 4.45. The van der Waals surface area contributed by atoms with Gasteiger partial charge in [0.25, 0.3) is 0 Å². The Balaban J connectivity index is 2.76. The van der Waals surface area contributed by atoms with E-state index in [0.29, 0.717) is 11.1 Å². The van der Waals surface area contributed by atoms with Crippen molar-refractivity contribution < 1.29 is 4.79 Å². The van der Waals surface area contributed by atoms with Gasteiger partial charge in [-0.3, -0.25) is 4.79 Å². The number of nitrogens with two attached hydrogens (primary N) is 1. The van der Waals surface area contributed by atoms with Crippen molar-refractivity contribution in [1.82, 2.24) is 0 Å². The first-order chi connectivity index (χ1) is 7.22. The fourth-order valence-corrected chi connectivity index (χ4v) is 1.53. The number of hydrogen-bond acceptors (Lipinski definition) is 2. The second kappa shape index (κ2) is 3.43. The van der Waals surface area contributed by atoms with E-state index in [1.807, 2.05) is 6.07 Å². The van der Waals surface area contributed by atoms with E-state index >= 15 is 0 Å². The Kier molecular flexibility index (Phi) is 2.11. The van der Waals surface area contributed by atoms with E-state index in [9.17, 15) is 4.79 Å². The zero-order chi connectivity index (χ0) is 10.8. The molecule has 2 aromatic rings. The first kappa shape index (κ1) is 9.22. The summed E-state index contributed by atoms with van der Waals surface area (Å²) in [4.78, 5) is 11.0. The Hall–Kier alpha value is -2.34. The molecule has 0 aromatic heterocycles. The van der Waals surface area contributed by atoms with Gasteiger partial charge < -0.3 is 5.73 Å². The summed E-state index contributed by atoms with van der Waals surface area (Å²) >= 11 is 0. The Morgan fingerprint density at radius 1 is 1.27 bits per heavy atom. The average molecular weight is 196 g/mol. The SMILES string of the molecule is N#Cc1cccc2cc(C(N)=O)ccc12. The number of nitriles is 1. The van der Waals surface area contributed by atoms with Gasteiger partial charge in [-0.25, -0.2) is 0 Å². The third kappa shape index (κ3) is 1.53. The summed E-state index contributed by atoms with van der Waals surface area (Å²) in [5, 5.41) is 10.6. The standard InChI is InChI=1S/C12H8N2O/c13-7-10-3-1-2-8-6-9(12(14)15)4-5-11(8)10/h1-6H,(H2,14,15). The lowest BCUT2D eigenvalue weighted by molar-refractivity contribution is 0.100. The molecule has 0 aliphatic rings. The lowest BCUT2D eigenvalue weighted by atomic mass is 10.0. The highest BCUT2D eigenvalue weighted by Crippen LogP contribution is 2.19. The van der Waals surface area contributed by atoms with Crippen molar-refractivity contribution in [2.45, 2.75) is 0 Å². The summed E-state index contributed by atoms with van der Waals surface area (Å²) < 4.78 is 0. The zero-order valence-electron chi connectivity index (χ0n) is 7.90. The number of nitrogens with zero attached hydrogens (tertiary/aromatic N) is 1. The van der Waals surface area contributed by atoms with Crippen molar-refractivity contribution in [3.8, 4) is 6.07 Å². The van der Waals surface area contributed by atoms with Gasteiger partial charge in [-0.05, 0) is 29.0 Å².